The summed E-state index contributed by atoms with van der Waals surface area (Å²) in [5.41, 5.74) is 2.90. The van der Waals surface area contributed by atoms with Crippen LogP contribution in [0.4, 0.5) is 20.2 Å². The number of fused-ring (bicyclic) bond motifs is 1. The highest BCUT2D eigenvalue weighted by atomic mass is 19.1. The summed E-state index contributed by atoms with van der Waals surface area (Å²) in [5.74, 6) is -1.46. The number of H-pyrrole nitrogens is 1. The predicted octanol–water partition coefficient (Wildman–Crippen LogP) is 4.50. The topological polar surface area (TPSA) is 73.0 Å². The summed E-state index contributed by atoms with van der Waals surface area (Å²) in [6, 6.07) is 9.39. The van der Waals surface area contributed by atoms with Crippen LogP contribution >= 0.6 is 0 Å². The Morgan fingerprint density at radius 1 is 1.18 bits per heavy atom. The van der Waals surface area contributed by atoms with Gasteiger partial charge in [0.15, 0.2) is 0 Å². The summed E-state index contributed by atoms with van der Waals surface area (Å²) in [6.07, 6.45) is 5.23. The molecule has 2 aliphatic rings. The number of rotatable bonds is 5. The highest BCUT2D eigenvalue weighted by Gasteiger charge is 2.31. The van der Waals surface area contributed by atoms with Crippen molar-refractivity contribution in [2.24, 2.45) is 0 Å². The summed E-state index contributed by atoms with van der Waals surface area (Å²) in [7, 11) is 0. The van der Waals surface area contributed by atoms with Crippen molar-refractivity contribution in [2.45, 2.75) is 25.8 Å². The summed E-state index contributed by atoms with van der Waals surface area (Å²) >= 11 is 0. The number of piperidine rings is 1. The molecule has 0 bridgehead atoms. The van der Waals surface area contributed by atoms with Gasteiger partial charge in [0.25, 0.3) is 5.91 Å². The Labute approximate surface area is 190 Å². The number of nitrogens with one attached hydrogen (secondary N) is 3. The van der Waals surface area contributed by atoms with Crippen LogP contribution in [0, 0.1) is 11.6 Å². The summed E-state index contributed by atoms with van der Waals surface area (Å²) in [5, 5.41) is 6.45. The smallest absolute Gasteiger partial charge is 0.257 e. The fourth-order valence-corrected chi connectivity index (χ4v) is 4.61. The van der Waals surface area contributed by atoms with E-state index in [0.717, 1.165) is 44.2 Å². The van der Waals surface area contributed by atoms with Gasteiger partial charge in [0.05, 0.1) is 5.57 Å². The Bertz CT molecular complexity index is 1210. The van der Waals surface area contributed by atoms with Gasteiger partial charge in [0.2, 0.25) is 0 Å². The molecule has 1 fully saturated rings. The van der Waals surface area contributed by atoms with Gasteiger partial charge in [-0.05, 0) is 49.7 Å². The molecular weight excluding hydrogens is 424 g/mol. The van der Waals surface area contributed by atoms with Gasteiger partial charge < -0.3 is 20.5 Å². The van der Waals surface area contributed by atoms with E-state index in [-0.39, 0.29) is 11.5 Å². The van der Waals surface area contributed by atoms with Crippen molar-refractivity contribution in [1.82, 2.24) is 14.9 Å². The molecule has 6 nitrogen and oxygen atoms in total. The maximum atomic E-state index is 14.8. The van der Waals surface area contributed by atoms with Crippen LogP contribution in [0.2, 0.25) is 0 Å². The number of benzene rings is 2. The highest BCUT2D eigenvalue weighted by molar-refractivity contribution is 6.38. The molecule has 5 rings (SSSR count). The number of imidazole rings is 1. The fourth-order valence-electron chi connectivity index (χ4n) is 4.61. The minimum Gasteiger partial charge on any atom is -0.382 e. The average Bonchev–Trinajstić information content (AvgIpc) is 3.44. The lowest BCUT2D eigenvalue weighted by molar-refractivity contribution is -0.110. The van der Waals surface area contributed by atoms with Crippen molar-refractivity contribution in [3.8, 4) is 0 Å². The SMILES string of the molecule is CCN1CCC(Nc2ccc3c(c2)/C(=C(/c2ncc[nH]2)c2ccc(F)cc2F)C(=O)N3)CC1. The normalized spacial score (nSPS) is 18.2. The molecule has 0 saturated carbocycles. The summed E-state index contributed by atoms with van der Waals surface area (Å²) in [6.45, 7) is 5.34. The van der Waals surface area contributed by atoms with Gasteiger partial charge >= 0.3 is 0 Å². The average molecular weight is 450 g/mol. The lowest BCUT2D eigenvalue weighted by Crippen LogP contribution is -2.38. The monoisotopic (exact) mass is 449 g/mol. The van der Waals surface area contributed by atoms with Crippen LogP contribution < -0.4 is 10.6 Å². The number of hydrogen-bond donors (Lipinski definition) is 3. The second-order valence-corrected chi connectivity index (χ2v) is 8.38. The number of aromatic nitrogens is 2. The Kier molecular flexibility index (Phi) is 5.68. The van der Waals surface area contributed by atoms with Crippen molar-refractivity contribution < 1.29 is 13.6 Å². The van der Waals surface area contributed by atoms with Crippen molar-refractivity contribution in [3.63, 3.8) is 0 Å². The molecule has 170 valence electrons. The maximum absolute atomic E-state index is 14.8. The fraction of sp³-hybridized carbons (Fsp3) is 0.280. The minimum atomic E-state index is -0.757. The molecule has 0 spiro atoms. The van der Waals surface area contributed by atoms with Gasteiger partial charge in [-0.25, -0.2) is 13.8 Å². The quantitative estimate of drug-likeness (QED) is 0.502. The zero-order chi connectivity index (χ0) is 22.9. The lowest BCUT2D eigenvalue weighted by atomic mass is 9.94. The van der Waals surface area contributed by atoms with Crippen LogP contribution in [0.3, 0.4) is 0 Å². The van der Waals surface area contributed by atoms with E-state index in [9.17, 15) is 13.6 Å². The minimum absolute atomic E-state index is 0.106. The summed E-state index contributed by atoms with van der Waals surface area (Å²) in [4.78, 5) is 22.7. The second kappa shape index (κ2) is 8.78. The van der Waals surface area contributed by atoms with E-state index in [2.05, 4.69) is 32.4 Å². The molecule has 2 aromatic carbocycles. The first-order chi connectivity index (χ1) is 16.0. The molecule has 1 saturated heterocycles. The number of anilines is 2. The molecule has 0 aliphatic carbocycles. The molecule has 0 radical (unpaired) electrons. The van der Waals surface area contributed by atoms with E-state index >= 15 is 0 Å². The molecule has 0 unspecified atom stereocenters. The number of hydrogen-bond acceptors (Lipinski definition) is 4. The number of amides is 1. The molecule has 3 heterocycles. The van der Waals surface area contributed by atoms with E-state index in [4.69, 9.17) is 0 Å². The van der Waals surface area contributed by atoms with Crippen LogP contribution in [0.25, 0.3) is 11.1 Å². The molecule has 8 heteroatoms. The van der Waals surface area contributed by atoms with Gasteiger partial charge in [-0.2, -0.15) is 0 Å². The van der Waals surface area contributed by atoms with E-state index in [1.54, 1.807) is 6.20 Å². The lowest BCUT2D eigenvalue weighted by Gasteiger charge is -2.32. The van der Waals surface area contributed by atoms with Crippen LogP contribution in [-0.4, -0.2) is 46.5 Å². The number of carbonyl (C=O) groups excluding carboxylic acids is 1. The van der Waals surface area contributed by atoms with Gasteiger partial charge in [-0.1, -0.05) is 6.92 Å². The zero-order valence-electron chi connectivity index (χ0n) is 18.3. The Morgan fingerprint density at radius 2 is 2.00 bits per heavy atom. The van der Waals surface area contributed by atoms with E-state index < -0.39 is 11.6 Å². The van der Waals surface area contributed by atoms with E-state index in [0.29, 0.717) is 34.3 Å². The first-order valence-electron chi connectivity index (χ1n) is 11.2. The summed E-state index contributed by atoms with van der Waals surface area (Å²) < 4.78 is 28.4. The standard InChI is InChI=1S/C25H25F2N5O/c1-2-32-11-7-16(8-12-32)30-17-4-6-21-19(14-17)23(25(33)31-21)22(24-28-9-10-29-24)18-5-3-15(26)13-20(18)27/h3-6,9-10,13-14,16,30H,2,7-8,11-12H2,1H3,(H,28,29)(H,31,33)/b23-22-. The van der Waals surface area contributed by atoms with Gasteiger partial charge in [0, 0.05) is 65.7 Å². The van der Waals surface area contributed by atoms with Gasteiger partial charge in [0.1, 0.15) is 17.5 Å². The zero-order valence-corrected chi connectivity index (χ0v) is 18.3. The molecule has 2 aliphatic heterocycles. The van der Waals surface area contributed by atoms with E-state index in [1.807, 2.05) is 18.2 Å². The predicted molar refractivity (Wildman–Crippen MR) is 125 cm³/mol. The molecular formula is C25H25F2N5O. The van der Waals surface area contributed by atoms with Crippen molar-refractivity contribution in [1.29, 1.82) is 0 Å². The number of likely N-dealkylation sites (tertiary alicyclic amines) is 1. The van der Waals surface area contributed by atoms with Gasteiger partial charge in [-0.3, -0.25) is 4.79 Å². The maximum Gasteiger partial charge on any atom is 0.257 e. The largest absolute Gasteiger partial charge is 0.382 e. The number of nitrogens with zero attached hydrogens (tertiary/aromatic N) is 2. The highest BCUT2D eigenvalue weighted by Crippen LogP contribution is 2.41. The third kappa shape index (κ3) is 4.14. The number of carbonyl (C=O) groups is 1. The van der Waals surface area contributed by atoms with Crippen LogP contribution in [-0.2, 0) is 4.79 Å². The first-order valence-corrected chi connectivity index (χ1v) is 11.2. The van der Waals surface area contributed by atoms with Crippen LogP contribution in [0.15, 0.2) is 48.8 Å². The van der Waals surface area contributed by atoms with Crippen molar-refractivity contribution in [2.75, 3.05) is 30.3 Å². The molecule has 3 aromatic rings. The second-order valence-electron chi connectivity index (χ2n) is 8.38. The molecule has 1 aromatic heterocycles. The van der Waals surface area contributed by atoms with Crippen LogP contribution in [0.1, 0.15) is 36.7 Å². The number of aromatic amines is 1. The molecule has 1 amide bonds. The number of halogens is 2. The molecule has 33 heavy (non-hydrogen) atoms. The van der Waals surface area contributed by atoms with Crippen molar-refractivity contribution >= 4 is 28.4 Å². The van der Waals surface area contributed by atoms with Crippen LogP contribution in [0.5, 0.6) is 0 Å². The molecule has 3 N–H and O–H groups in total. The Morgan fingerprint density at radius 3 is 2.70 bits per heavy atom. The van der Waals surface area contributed by atoms with Gasteiger partial charge in [-0.15, -0.1) is 0 Å². The van der Waals surface area contributed by atoms with E-state index in [1.165, 1.54) is 18.3 Å². The third-order valence-electron chi connectivity index (χ3n) is 6.36. The Hall–Kier alpha value is -3.52. The first kappa shape index (κ1) is 21.3. The van der Waals surface area contributed by atoms with Crippen molar-refractivity contribution in [3.05, 3.63) is 77.4 Å². The molecule has 0 atom stereocenters. The Balaban J connectivity index is 1.57. The third-order valence-corrected chi connectivity index (χ3v) is 6.36.